The van der Waals surface area contributed by atoms with Crippen LogP contribution in [0.1, 0.15) is 25.9 Å². The maximum atomic E-state index is 12.2. The first-order valence-corrected chi connectivity index (χ1v) is 9.10. The standard InChI is InChI=1S/C18H18N6O3S/c1-24(2)18-22-14(21-17(19)23-18)10-27-16(26)11-5-7-12(8-6-11)20-15(25)13-4-3-9-28-13/h3-9H,10H2,1-2H3,(H,20,25)(H2,19,21,22,23). The van der Waals surface area contributed by atoms with Crippen molar-refractivity contribution < 1.29 is 14.3 Å². The van der Waals surface area contributed by atoms with Crippen LogP contribution in [-0.4, -0.2) is 40.9 Å². The smallest absolute Gasteiger partial charge is 0.338 e. The van der Waals surface area contributed by atoms with E-state index in [2.05, 4.69) is 20.3 Å². The predicted molar refractivity (Wildman–Crippen MR) is 106 cm³/mol. The number of nitrogen functional groups attached to an aromatic ring is 1. The van der Waals surface area contributed by atoms with Crippen LogP contribution in [0.15, 0.2) is 41.8 Å². The van der Waals surface area contributed by atoms with Gasteiger partial charge in [0.15, 0.2) is 12.4 Å². The van der Waals surface area contributed by atoms with Crippen molar-refractivity contribution in [2.24, 2.45) is 0 Å². The Bertz CT molecular complexity index is 973. The second kappa shape index (κ2) is 8.44. The number of nitrogens with two attached hydrogens (primary N) is 1. The summed E-state index contributed by atoms with van der Waals surface area (Å²) in [5.41, 5.74) is 6.56. The number of nitrogens with zero attached hydrogens (tertiary/aromatic N) is 4. The molecule has 0 saturated heterocycles. The summed E-state index contributed by atoms with van der Waals surface area (Å²) >= 11 is 1.35. The first kappa shape index (κ1) is 19.2. The lowest BCUT2D eigenvalue weighted by Crippen LogP contribution is -2.17. The molecule has 1 amide bonds. The minimum Gasteiger partial charge on any atom is -0.454 e. The number of amides is 1. The Balaban J connectivity index is 1.60. The molecule has 0 fully saturated rings. The molecule has 0 aliphatic carbocycles. The van der Waals surface area contributed by atoms with Gasteiger partial charge in [-0.2, -0.15) is 15.0 Å². The van der Waals surface area contributed by atoms with Crippen molar-refractivity contribution in [2.75, 3.05) is 30.0 Å². The molecule has 0 unspecified atom stereocenters. The molecule has 0 aliphatic heterocycles. The van der Waals surface area contributed by atoms with Crippen LogP contribution in [0.3, 0.4) is 0 Å². The third-order valence-electron chi connectivity index (χ3n) is 3.54. The van der Waals surface area contributed by atoms with E-state index in [0.29, 0.717) is 22.1 Å². The van der Waals surface area contributed by atoms with Crippen molar-refractivity contribution in [3.8, 4) is 0 Å². The minimum absolute atomic E-state index is 0.0515. The highest BCUT2D eigenvalue weighted by molar-refractivity contribution is 7.12. The lowest BCUT2D eigenvalue weighted by Gasteiger charge is -2.11. The topological polar surface area (TPSA) is 123 Å². The fourth-order valence-electron chi connectivity index (χ4n) is 2.19. The second-order valence-corrected chi connectivity index (χ2v) is 6.84. The molecule has 3 rings (SSSR count). The predicted octanol–water partition coefficient (Wildman–Crippen LogP) is 2.19. The number of nitrogens with one attached hydrogen (secondary N) is 1. The Morgan fingerprint density at radius 1 is 1.14 bits per heavy atom. The fraction of sp³-hybridized carbons (Fsp3) is 0.167. The molecule has 0 atom stereocenters. The number of anilines is 3. The molecule has 0 aliphatic rings. The van der Waals surface area contributed by atoms with Gasteiger partial charge in [-0.25, -0.2) is 4.79 Å². The van der Waals surface area contributed by atoms with E-state index in [9.17, 15) is 9.59 Å². The van der Waals surface area contributed by atoms with Crippen molar-refractivity contribution in [1.82, 2.24) is 15.0 Å². The van der Waals surface area contributed by atoms with Gasteiger partial charge >= 0.3 is 5.97 Å². The molecule has 0 bridgehead atoms. The van der Waals surface area contributed by atoms with Crippen LogP contribution in [0.25, 0.3) is 0 Å². The molecule has 28 heavy (non-hydrogen) atoms. The van der Waals surface area contributed by atoms with E-state index in [4.69, 9.17) is 10.5 Å². The summed E-state index contributed by atoms with van der Waals surface area (Å²) in [6, 6.07) is 9.95. The van der Waals surface area contributed by atoms with Crippen LogP contribution in [0.2, 0.25) is 0 Å². The minimum atomic E-state index is -0.540. The third-order valence-corrected chi connectivity index (χ3v) is 4.41. The van der Waals surface area contributed by atoms with Crippen molar-refractivity contribution in [3.05, 3.63) is 58.0 Å². The summed E-state index contributed by atoms with van der Waals surface area (Å²) in [5.74, 6) is -0.0553. The summed E-state index contributed by atoms with van der Waals surface area (Å²) in [5, 5.41) is 4.59. The molecule has 0 radical (unpaired) electrons. The number of carbonyl (C=O) groups excluding carboxylic acids is 2. The fourth-order valence-corrected chi connectivity index (χ4v) is 2.81. The Morgan fingerprint density at radius 3 is 2.54 bits per heavy atom. The van der Waals surface area contributed by atoms with Gasteiger partial charge in [0, 0.05) is 19.8 Å². The second-order valence-electron chi connectivity index (χ2n) is 5.89. The molecule has 1 aromatic carbocycles. The molecule has 3 aromatic rings. The van der Waals surface area contributed by atoms with E-state index in [1.54, 1.807) is 55.4 Å². The van der Waals surface area contributed by atoms with Crippen molar-refractivity contribution in [3.63, 3.8) is 0 Å². The zero-order valence-corrected chi connectivity index (χ0v) is 16.1. The number of esters is 1. The zero-order valence-electron chi connectivity index (χ0n) is 15.2. The van der Waals surface area contributed by atoms with Gasteiger partial charge in [0.2, 0.25) is 11.9 Å². The molecule has 0 saturated carbocycles. The Hall–Kier alpha value is -3.53. The Kier molecular flexibility index (Phi) is 5.80. The van der Waals surface area contributed by atoms with Gasteiger partial charge in [-0.15, -0.1) is 11.3 Å². The van der Waals surface area contributed by atoms with Gasteiger partial charge in [-0.3, -0.25) is 4.79 Å². The van der Waals surface area contributed by atoms with E-state index < -0.39 is 5.97 Å². The molecular weight excluding hydrogens is 380 g/mol. The average molecular weight is 398 g/mol. The molecule has 2 aromatic heterocycles. The van der Waals surface area contributed by atoms with E-state index in [-0.39, 0.29) is 24.3 Å². The van der Waals surface area contributed by atoms with Crippen LogP contribution >= 0.6 is 11.3 Å². The number of aromatic nitrogens is 3. The van der Waals surface area contributed by atoms with Gasteiger partial charge in [0.25, 0.3) is 5.91 Å². The van der Waals surface area contributed by atoms with Crippen LogP contribution < -0.4 is 16.0 Å². The van der Waals surface area contributed by atoms with Crippen molar-refractivity contribution >= 4 is 40.8 Å². The molecule has 2 heterocycles. The summed E-state index contributed by atoms with van der Waals surface area (Å²) in [6.07, 6.45) is 0. The van der Waals surface area contributed by atoms with Gasteiger partial charge in [0.05, 0.1) is 10.4 Å². The van der Waals surface area contributed by atoms with E-state index in [1.165, 1.54) is 11.3 Å². The van der Waals surface area contributed by atoms with Crippen LogP contribution in [0.4, 0.5) is 17.6 Å². The van der Waals surface area contributed by atoms with Gasteiger partial charge in [-0.05, 0) is 35.7 Å². The first-order valence-electron chi connectivity index (χ1n) is 8.22. The van der Waals surface area contributed by atoms with Crippen molar-refractivity contribution in [1.29, 1.82) is 0 Å². The number of thiophene rings is 1. The average Bonchev–Trinajstić information content (AvgIpc) is 3.21. The normalized spacial score (nSPS) is 10.4. The Morgan fingerprint density at radius 2 is 1.89 bits per heavy atom. The SMILES string of the molecule is CN(C)c1nc(N)nc(COC(=O)c2ccc(NC(=O)c3cccs3)cc2)n1. The number of hydrogen-bond donors (Lipinski definition) is 2. The monoisotopic (exact) mass is 398 g/mol. The van der Waals surface area contributed by atoms with Crippen LogP contribution in [0, 0.1) is 0 Å². The van der Waals surface area contributed by atoms with Crippen molar-refractivity contribution in [2.45, 2.75) is 6.61 Å². The number of hydrogen-bond acceptors (Lipinski definition) is 9. The third kappa shape index (κ3) is 4.80. The number of benzene rings is 1. The highest BCUT2D eigenvalue weighted by Crippen LogP contribution is 2.15. The van der Waals surface area contributed by atoms with Gasteiger partial charge < -0.3 is 20.7 Å². The molecule has 9 nitrogen and oxygen atoms in total. The number of ether oxygens (including phenoxy) is 1. The highest BCUT2D eigenvalue weighted by Gasteiger charge is 2.12. The molecule has 0 spiro atoms. The van der Waals surface area contributed by atoms with Crippen LogP contribution in [-0.2, 0) is 11.3 Å². The first-order chi connectivity index (χ1) is 13.4. The molecular formula is C18H18N6O3S. The lowest BCUT2D eigenvalue weighted by atomic mass is 10.2. The van der Waals surface area contributed by atoms with Gasteiger partial charge in [-0.1, -0.05) is 6.07 Å². The molecule has 3 N–H and O–H groups in total. The summed E-state index contributed by atoms with van der Waals surface area (Å²) in [6.45, 7) is -0.136. The Labute approximate surface area is 165 Å². The van der Waals surface area contributed by atoms with Crippen LogP contribution in [0.5, 0.6) is 0 Å². The summed E-state index contributed by atoms with van der Waals surface area (Å²) in [4.78, 5) is 38.6. The lowest BCUT2D eigenvalue weighted by molar-refractivity contribution is 0.0462. The number of rotatable bonds is 6. The summed E-state index contributed by atoms with van der Waals surface area (Å²) < 4.78 is 5.23. The molecule has 144 valence electrons. The van der Waals surface area contributed by atoms with E-state index >= 15 is 0 Å². The number of carbonyl (C=O) groups is 2. The quantitative estimate of drug-likeness (QED) is 0.606. The highest BCUT2D eigenvalue weighted by atomic mass is 32.1. The molecule has 10 heteroatoms. The zero-order chi connectivity index (χ0) is 20.1. The van der Waals surface area contributed by atoms with Gasteiger partial charge in [0.1, 0.15) is 0 Å². The maximum absolute atomic E-state index is 12.2. The van der Waals surface area contributed by atoms with E-state index in [1.807, 2.05) is 5.38 Å². The largest absolute Gasteiger partial charge is 0.454 e. The van der Waals surface area contributed by atoms with E-state index in [0.717, 1.165) is 0 Å². The summed E-state index contributed by atoms with van der Waals surface area (Å²) in [7, 11) is 3.53. The maximum Gasteiger partial charge on any atom is 0.338 e.